The van der Waals surface area contributed by atoms with Crippen LogP contribution in [0.5, 0.6) is 0 Å². The summed E-state index contributed by atoms with van der Waals surface area (Å²) in [7, 11) is 0. The zero-order valence-corrected chi connectivity index (χ0v) is 21.2. The van der Waals surface area contributed by atoms with E-state index in [0.717, 1.165) is 11.1 Å². The molecule has 0 aliphatic heterocycles. The molecule has 0 aliphatic rings. The largest absolute Gasteiger partial charge is 0.451 e. The number of hydrogen-bond acceptors (Lipinski definition) is 5. The summed E-state index contributed by atoms with van der Waals surface area (Å²) >= 11 is 12.2. The third-order valence-electron chi connectivity index (χ3n) is 5.69. The average molecular weight is 546 g/mol. The summed E-state index contributed by atoms with van der Waals surface area (Å²) in [6.45, 7) is -0.489. The Balaban J connectivity index is 1.35. The van der Waals surface area contributed by atoms with E-state index < -0.39 is 18.4 Å². The van der Waals surface area contributed by atoms with Crippen molar-refractivity contribution in [1.82, 2.24) is 14.8 Å². The van der Waals surface area contributed by atoms with Crippen molar-refractivity contribution in [1.29, 1.82) is 0 Å². The molecule has 0 spiro atoms. The number of ether oxygens (including phenoxy) is 1. The molecule has 5 aromatic rings. The highest BCUT2D eigenvalue weighted by Gasteiger charge is 2.22. The van der Waals surface area contributed by atoms with Gasteiger partial charge in [0.1, 0.15) is 5.82 Å². The van der Waals surface area contributed by atoms with Crippen molar-refractivity contribution in [3.05, 3.63) is 124 Å². The van der Waals surface area contributed by atoms with Crippen LogP contribution < -0.4 is 0 Å². The first-order valence-corrected chi connectivity index (χ1v) is 12.2. The lowest BCUT2D eigenvalue weighted by molar-refractivity contribution is 0.0462. The third-order valence-corrected chi connectivity index (χ3v) is 6.43. The van der Waals surface area contributed by atoms with Crippen LogP contribution in [-0.2, 0) is 4.74 Å². The lowest BCUT2D eigenvalue weighted by Gasteiger charge is -2.07. The van der Waals surface area contributed by atoms with Gasteiger partial charge >= 0.3 is 5.97 Å². The molecule has 0 N–H and O–H groups in total. The van der Waals surface area contributed by atoms with Gasteiger partial charge in [-0.15, -0.1) is 5.10 Å². The summed E-state index contributed by atoms with van der Waals surface area (Å²) in [6.07, 6.45) is 0. The predicted molar refractivity (Wildman–Crippen MR) is 143 cm³/mol. The number of Topliss-reactive ketones (excluding diaryl/α,β-unsaturated/α-hetero) is 1. The highest BCUT2D eigenvalue weighted by atomic mass is 35.5. The molecule has 0 saturated carbocycles. The normalized spacial score (nSPS) is 10.8. The van der Waals surface area contributed by atoms with Gasteiger partial charge in [0.15, 0.2) is 18.2 Å². The zero-order chi connectivity index (χ0) is 26.6. The van der Waals surface area contributed by atoms with Gasteiger partial charge in [0.05, 0.1) is 15.7 Å². The molecular formula is C29H18Cl2FN3O3. The van der Waals surface area contributed by atoms with Gasteiger partial charge in [-0.05, 0) is 53.6 Å². The number of rotatable bonds is 7. The molecule has 5 rings (SSSR count). The highest BCUT2D eigenvalue weighted by Crippen LogP contribution is 2.27. The van der Waals surface area contributed by atoms with Crippen LogP contribution in [0.2, 0.25) is 10.0 Å². The van der Waals surface area contributed by atoms with E-state index in [1.807, 2.05) is 42.5 Å². The minimum Gasteiger partial charge on any atom is -0.451 e. The molecule has 38 heavy (non-hydrogen) atoms. The number of esters is 1. The van der Waals surface area contributed by atoms with Gasteiger partial charge in [-0.2, -0.15) is 0 Å². The lowest BCUT2D eigenvalue weighted by atomic mass is 10.0. The maximum absolute atomic E-state index is 13.5. The van der Waals surface area contributed by atoms with E-state index in [1.165, 1.54) is 28.9 Å². The first-order chi connectivity index (χ1) is 18.4. The minimum absolute atomic E-state index is 0.248. The van der Waals surface area contributed by atoms with Crippen LogP contribution in [-0.4, -0.2) is 33.1 Å². The first-order valence-electron chi connectivity index (χ1n) is 11.4. The number of aromatic nitrogens is 3. The Morgan fingerprint density at radius 1 is 0.789 bits per heavy atom. The smallest absolute Gasteiger partial charge is 0.378 e. The molecule has 9 heteroatoms. The quantitative estimate of drug-likeness (QED) is 0.161. The van der Waals surface area contributed by atoms with E-state index in [0.29, 0.717) is 21.8 Å². The Morgan fingerprint density at radius 3 is 2.13 bits per heavy atom. The average Bonchev–Trinajstić information content (AvgIpc) is 3.40. The molecule has 0 amide bonds. The second kappa shape index (κ2) is 11.0. The number of nitrogens with zero attached hydrogens (tertiary/aromatic N) is 3. The number of hydrogen-bond donors (Lipinski definition) is 0. The molecule has 0 bridgehead atoms. The first kappa shape index (κ1) is 25.3. The number of carbonyl (C=O) groups excluding carboxylic acids is 2. The Hall–Kier alpha value is -4.33. The van der Waals surface area contributed by atoms with Gasteiger partial charge in [-0.3, -0.25) is 4.79 Å². The van der Waals surface area contributed by atoms with E-state index in [2.05, 4.69) is 10.1 Å². The van der Waals surface area contributed by atoms with Crippen LogP contribution in [0.3, 0.4) is 0 Å². The van der Waals surface area contributed by atoms with Crippen molar-refractivity contribution < 1.29 is 18.7 Å². The zero-order valence-electron chi connectivity index (χ0n) is 19.6. The van der Waals surface area contributed by atoms with Crippen molar-refractivity contribution in [2.24, 2.45) is 0 Å². The second-order valence-corrected chi connectivity index (χ2v) is 9.03. The monoisotopic (exact) mass is 545 g/mol. The molecule has 0 fully saturated rings. The van der Waals surface area contributed by atoms with Crippen LogP contribution in [0.15, 0.2) is 97.1 Å². The minimum atomic E-state index is -0.888. The third kappa shape index (κ3) is 5.49. The molecule has 0 unspecified atom stereocenters. The van der Waals surface area contributed by atoms with Crippen LogP contribution in [0.1, 0.15) is 21.0 Å². The summed E-state index contributed by atoms with van der Waals surface area (Å²) in [5, 5.41) is 4.89. The van der Waals surface area contributed by atoms with Crippen molar-refractivity contribution in [3.8, 4) is 28.2 Å². The van der Waals surface area contributed by atoms with Gasteiger partial charge < -0.3 is 4.74 Å². The topological polar surface area (TPSA) is 74.1 Å². The summed E-state index contributed by atoms with van der Waals surface area (Å²) in [5.74, 6) is -1.72. The fourth-order valence-corrected chi connectivity index (χ4v) is 4.03. The number of halogens is 3. The SMILES string of the molecule is O=C(COC(=O)c1nc(-c2ccc(F)cc2)n(-c2ccc(Cl)c(Cl)c2)n1)c1ccc(-c2ccccc2)cc1. The van der Waals surface area contributed by atoms with Crippen molar-refractivity contribution >= 4 is 35.0 Å². The Morgan fingerprint density at radius 2 is 1.45 bits per heavy atom. The molecule has 1 aromatic heterocycles. The molecule has 0 saturated heterocycles. The van der Waals surface area contributed by atoms with Gasteiger partial charge in [0, 0.05) is 11.1 Å². The van der Waals surface area contributed by atoms with E-state index >= 15 is 0 Å². The molecule has 1 heterocycles. The van der Waals surface area contributed by atoms with E-state index in [1.54, 1.807) is 30.3 Å². The van der Waals surface area contributed by atoms with Gasteiger partial charge in [-0.25, -0.2) is 18.9 Å². The fourth-order valence-electron chi connectivity index (χ4n) is 3.74. The molecule has 6 nitrogen and oxygen atoms in total. The fraction of sp³-hybridized carbons (Fsp3) is 0.0345. The van der Waals surface area contributed by atoms with Crippen LogP contribution in [0.4, 0.5) is 4.39 Å². The Kier molecular flexibility index (Phi) is 7.31. The molecule has 0 aliphatic carbocycles. The second-order valence-electron chi connectivity index (χ2n) is 8.22. The number of carbonyl (C=O) groups is 2. The van der Waals surface area contributed by atoms with Crippen LogP contribution in [0.25, 0.3) is 28.2 Å². The maximum atomic E-state index is 13.5. The summed E-state index contributed by atoms with van der Waals surface area (Å²) in [4.78, 5) is 29.8. The molecule has 188 valence electrons. The molecule has 4 aromatic carbocycles. The predicted octanol–water partition coefficient (Wildman–Crippen LogP) is 7.09. The summed E-state index contributed by atoms with van der Waals surface area (Å²) in [5.41, 5.74) is 3.36. The summed E-state index contributed by atoms with van der Waals surface area (Å²) < 4.78 is 20.1. The Bertz CT molecular complexity index is 1620. The van der Waals surface area contributed by atoms with E-state index in [4.69, 9.17) is 27.9 Å². The van der Waals surface area contributed by atoms with E-state index in [-0.39, 0.29) is 22.5 Å². The summed E-state index contributed by atoms with van der Waals surface area (Å²) in [6, 6.07) is 27.1. The van der Waals surface area contributed by atoms with E-state index in [9.17, 15) is 14.0 Å². The standard InChI is InChI=1S/C29H18Cl2FN3O3/c30-24-15-14-23(16-25(24)31)35-28(21-10-12-22(32)13-11-21)33-27(34-35)29(37)38-17-26(36)20-8-6-19(7-9-20)18-4-2-1-3-5-18/h1-16H,17H2. The van der Waals surface area contributed by atoms with Gasteiger partial charge in [0.2, 0.25) is 0 Å². The molecular weight excluding hydrogens is 528 g/mol. The van der Waals surface area contributed by atoms with Gasteiger partial charge in [-0.1, -0.05) is 77.8 Å². The Labute approximate surface area is 227 Å². The molecule has 0 atom stereocenters. The van der Waals surface area contributed by atoms with Crippen molar-refractivity contribution in [2.45, 2.75) is 0 Å². The maximum Gasteiger partial charge on any atom is 0.378 e. The van der Waals surface area contributed by atoms with Crippen molar-refractivity contribution in [2.75, 3.05) is 6.61 Å². The number of benzene rings is 4. The van der Waals surface area contributed by atoms with Crippen LogP contribution in [0, 0.1) is 5.82 Å². The van der Waals surface area contributed by atoms with Gasteiger partial charge in [0.25, 0.3) is 5.82 Å². The molecule has 0 radical (unpaired) electrons. The highest BCUT2D eigenvalue weighted by molar-refractivity contribution is 6.42. The number of ketones is 1. The lowest BCUT2D eigenvalue weighted by Crippen LogP contribution is -2.15. The van der Waals surface area contributed by atoms with Crippen molar-refractivity contribution in [3.63, 3.8) is 0 Å². The van der Waals surface area contributed by atoms with Crippen LogP contribution >= 0.6 is 23.2 Å².